The number of aryl methyl sites for hydroxylation is 1. The van der Waals surface area contributed by atoms with Crippen molar-refractivity contribution < 1.29 is 26.7 Å². The van der Waals surface area contributed by atoms with Crippen molar-refractivity contribution in [2.75, 3.05) is 6.54 Å². The molecule has 0 aliphatic carbocycles. The summed E-state index contributed by atoms with van der Waals surface area (Å²) in [6.45, 7) is 2.57. The number of aromatic nitrogens is 1. The molecule has 0 saturated carbocycles. The summed E-state index contributed by atoms with van der Waals surface area (Å²) in [4.78, 5) is 12.3. The number of rotatable bonds is 11. The maximum Gasteiger partial charge on any atom is 0.416 e. The van der Waals surface area contributed by atoms with Crippen LogP contribution in [-0.2, 0) is 19.2 Å². The van der Waals surface area contributed by atoms with Gasteiger partial charge >= 0.3 is 6.18 Å². The molecule has 0 saturated heterocycles. The van der Waals surface area contributed by atoms with Gasteiger partial charge in [0.25, 0.3) is 0 Å². The zero-order valence-electron chi connectivity index (χ0n) is 19.6. The maximum absolute atomic E-state index is 13.9. The number of alkyl halides is 3. The Morgan fingerprint density at radius 1 is 1.11 bits per heavy atom. The van der Waals surface area contributed by atoms with E-state index in [1.165, 1.54) is 30.3 Å². The normalized spacial score (nSPS) is 12.6. The zero-order valence-corrected chi connectivity index (χ0v) is 19.6. The van der Waals surface area contributed by atoms with E-state index < -0.39 is 17.6 Å². The van der Waals surface area contributed by atoms with Gasteiger partial charge in [0.05, 0.1) is 11.4 Å². The number of benzene rings is 2. The molecule has 3 aromatic rings. The third-order valence-electron chi connectivity index (χ3n) is 4.96. The van der Waals surface area contributed by atoms with Crippen LogP contribution < -0.4 is 10.5 Å². The van der Waals surface area contributed by atoms with Crippen molar-refractivity contribution in [3.8, 4) is 5.75 Å². The Hall–Kier alpha value is -3.95. The molecule has 1 heterocycles. The van der Waals surface area contributed by atoms with E-state index in [0.29, 0.717) is 29.9 Å². The highest BCUT2D eigenvalue weighted by Crippen LogP contribution is 2.30. The van der Waals surface area contributed by atoms with Crippen LogP contribution >= 0.6 is 0 Å². The highest BCUT2D eigenvalue weighted by molar-refractivity contribution is 5.85. The molecule has 3 rings (SSSR count). The van der Waals surface area contributed by atoms with E-state index in [-0.39, 0.29) is 18.1 Å². The molecule has 0 aliphatic heterocycles. The Morgan fingerprint density at radius 2 is 1.89 bits per heavy atom. The molecule has 0 spiro atoms. The molecule has 0 bridgehead atoms. The molecular formula is C26H26F4N4O2. The molecule has 2 aromatic carbocycles. The first-order chi connectivity index (χ1) is 17.2. The Bertz CT molecular complexity index is 1210. The molecule has 0 amide bonds. The number of nitrogens with two attached hydrogens (primary N) is 1. The van der Waals surface area contributed by atoms with Crippen LogP contribution in [0.5, 0.6) is 5.75 Å². The summed E-state index contributed by atoms with van der Waals surface area (Å²) in [6, 6.07) is 10.1. The molecule has 6 nitrogen and oxygen atoms in total. The van der Waals surface area contributed by atoms with Gasteiger partial charge in [-0.25, -0.2) is 14.4 Å². The molecule has 36 heavy (non-hydrogen) atoms. The number of oxazole rings is 1. The number of hydrogen-bond acceptors (Lipinski definition) is 4. The van der Waals surface area contributed by atoms with Crippen molar-refractivity contribution in [1.29, 1.82) is 0 Å². The largest absolute Gasteiger partial charge is 0.487 e. The van der Waals surface area contributed by atoms with Crippen molar-refractivity contribution in [2.45, 2.75) is 39.0 Å². The highest BCUT2D eigenvalue weighted by Gasteiger charge is 2.30. The van der Waals surface area contributed by atoms with Crippen molar-refractivity contribution in [2.24, 2.45) is 15.7 Å². The number of aliphatic imine (C=N–C) groups is 2. The minimum Gasteiger partial charge on any atom is -0.487 e. The molecule has 190 valence electrons. The van der Waals surface area contributed by atoms with Crippen molar-refractivity contribution in [3.05, 3.63) is 82.8 Å². The Morgan fingerprint density at radius 3 is 2.58 bits per heavy atom. The van der Waals surface area contributed by atoms with Crippen LogP contribution in [0.1, 0.15) is 48.0 Å². The van der Waals surface area contributed by atoms with Crippen LogP contribution in [0.2, 0.25) is 0 Å². The van der Waals surface area contributed by atoms with Crippen LogP contribution in [-0.4, -0.2) is 23.7 Å². The fourth-order valence-electron chi connectivity index (χ4n) is 3.10. The Kier molecular flexibility index (Phi) is 9.38. The Balaban J connectivity index is 1.44. The van der Waals surface area contributed by atoms with Gasteiger partial charge in [-0.1, -0.05) is 18.2 Å². The second-order valence-electron chi connectivity index (χ2n) is 7.93. The molecule has 0 aliphatic rings. The zero-order chi connectivity index (χ0) is 26.0. The summed E-state index contributed by atoms with van der Waals surface area (Å²) < 4.78 is 62.9. The van der Waals surface area contributed by atoms with Crippen molar-refractivity contribution in [1.82, 2.24) is 4.98 Å². The van der Waals surface area contributed by atoms with E-state index in [9.17, 15) is 17.6 Å². The lowest BCUT2D eigenvalue weighted by Crippen LogP contribution is -2.05. The first-order valence-electron chi connectivity index (χ1n) is 11.2. The van der Waals surface area contributed by atoms with E-state index in [1.807, 2.05) is 24.3 Å². The number of halogens is 4. The van der Waals surface area contributed by atoms with Crippen LogP contribution in [0, 0.1) is 5.82 Å². The molecule has 0 unspecified atom stereocenters. The lowest BCUT2D eigenvalue weighted by Gasteiger charge is -2.07. The number of hydrogen-bond donors (Lipinski definition) is 1. The lowest BCUT2D eigenvalue weighted by molar-refractivity contribution is -0.137. The van der Waals surface area contributed by atoms with Gasteiger partial charge in [0, 0.05) is 18.2 Å². The van der Waals surface area contributed by atoms with Crippen molar-refractivity contribution >= 4 is 24.3 Å². The van der Waals surface area contributed by atoms with Gasteiger partial charge in [-0.2, -0.15) is 13.2 Å². The third-order valence-corrected chi connectivity index (χ3v) is 4.96. The first kappa shape index (κ1) is 26.7. The monoisotopic (exact) mass is 502 g/mol. The number of amidine groups is 1. The SMILES string of the molecule is CC(N)=NC=NCCCCc1ccc(OCc2coc(/C=C/c3ccc(C(F)(F)F)cc3F)n2)cc1. The fraction of sp³-hybridized carbons (Fsp3) is 0.269. The standard InChI is InChI=1S/C26H26F4N4O2/c1-18(31)33-17-32-13-3-2-4-19-5-10-23(11-6-19)35-15-22-16-36-25(34-22)12-8-20-7-9-21(14-24(20)27)26(28,29)30/h5-12,14,16-17H,2-4,13,15H2,1H3,(H2,31,32,33)/b12-8+. The maximum atomic E-state index is 13.9. The summed E-state index contributed by atoms with van der Waals surface area (Å²) in [5.74, 6) is 0.346. The summed E-state index contributed by atoms with van der Waals surface area (Å²) in [5.41, 5.74) is 6.07. The molecule has 1 aromatic heterocycles. The van der Waals surface area contributed by atoms with Gasteiger partial charge in [-0.05, 0) is 62.1 Å². The van der Waals surface area contributed by atoms with Crippen LogP contribution in [0.4, 0.5) is 17.6 Å². The van der Waals surface area contributed by atoms with Crippen LogP contribution in [0.3, 0.4) is 0 Å². The number of unbranched alkanes of at least 4 members (excludes halogenated alkanes) is 1. The summed E-state index contributed by atoms with van der Waals surface area (Å²) in [7, 11) is 0. The van der Waals surface area contributed by atoms with Gasteiger partial charge in [0.2, 0.25) is 5.89 Å². The summed E-state index contributed by atoms with van der Waals surface area (Å²) in [5, 5.41) is 0. The molecule has 2 N–H and O–H groups in total. The predicted octanol–water partition coefficient (Wildman–Crippen LogP) is 6.31. The second kappa shape index (κ2) is 12.7. The summed E-state index contributed by atoms with van der Waals surface area (Å²) in [6.07, 6.45) is 3.82. The van der Waals surface area contributed by atoms with Gasteiger partial charge in [0.15, 0.2) is 0 Å². The second-order valence-corrected chi connectivity index (χ2v) is 7.93. The smallest absolute Gasteiger partial charge is 0.416 e. The van der Waals surface area contributed by atoms with Gasteiger partial charge in [0.1, 0.15) is 36.5 Å². The van der Waals surface area contributed by atoms with Gasteiger partial charge in [-0.3, -0.25) is 4.99 Å². The highest BCUT2D eigenvalue weighted by atomic mass is 19.4. The quantitative estimate of drug-likeness (QED) is 0.144. The molecule has 0 fully saturated rings. The fourth-order valence-corrected chi connectivity index (χ4v) is 3.10. The molecule has 10 heteroatoms. The number of nitrogens with zero attached hydrogens (tertiary/aromatic N) is 3. The van der Waals surface area contributed by atoms with E-state index in [2.05, 4.69) is 15.0 Å². The average molecular weight is 503 g/mol. The predicted molar refractivity (Wildman–Crippen MR) is 131 cm³/mol. The summed E-state index contributed by atoms with van der Waals surface area (Å²) >= 11 is 0. The lowest BCUT2D eigenvalue weighted by atomic mass is 10.1. The average Bonchev–Trinajstić information content (AvgIpc) is 3.29. The van der Waals surface area contributed by atoms with E-state index in [4.69, 9.17) is 14.9 Å². The molecule has 0 radical (unpaired) electrons. The number of ether oxygens (including phenoxy) is 1. The first-order valence-corrected chi connectivity index (χ1v) is 11.2. The third kappa shape index (κ3) is 8.68. The van der Waals surface area contributed by atoms with E-state index in [0.717, 1.165) is 31.4 Å². The van der Waals surface area contributed by atoms with E-state index >= 15 is 0 Å². The van der Waals surface area contributed by atoms with Crippen LogP contribution in [0.25, 0.3) is 12.2 Å². The minimum atomic E-state index is -4.60. The van der Waals surface area contributed by atoms with E-state index in [1.54, 1.807) is 6.92 Å². The van der Waals surface area contributed by atoms with Crippen LogP contribution in [0.15, 0.2) is 63.1 Å². The Labute approximate surface area is 206 Å². The minimum absolute atomic E-state index is 0.0114. The topological polar surface area (TPSA) is 86.0 Å². The molecular weight excluding hydrogens is 476 g/mol. The van der Waals surface area contributed by atoms with Crippen molar-refractivity contribution in [3.63, 3.8) is 0 Å². The van der Waals surface area contributed by atoms with Gasteiger partial charge < -0.3 is 14.9 Å². The molecule has 0 atom stereocenters. The van der Waals surface area contributed by atoms with Gasteiger partial charge in [-0.15, -0.1) is 0 Å².